The van der Waals surface area contributed by atoms with Crippen LogP contribution in [-0.4, -0.2) is 52.4 Å². The minimum atomic E-state index is -4.37. The number of alkyl halides is 3. The van der Waals surface area contributed by atoms with E-state index in [2.05, 4.69) is 5.32 Å². The van der Waals surface area contributed by atoms with E-state index in [1.165, 1.54) is 4.90 Å². The van der Waals surface area contributed by atoms with Crippen LogP contribution in [0.25, 0.3) is 6.08 Å². The standard InChI is InChI=1S/C21H28F3N3O3/c1-3-5-13-6-7-16-17-14(11-27(16)20(13)30)15(12-28)18(19(29)25-9-4-2)26(17)10-8-21(22,23)24/h3,5-7,14-15,17-18,28H,4,8-12H2,1-2H3,(H,25,29)/b5-3+/t14-,15-,17+,18-/m0/s1. The van der Waals surface area contributed by atoms with E-state index < -0.39 is 30.6 Å². The first kappa shape index (κ1) is 22.6. The number of hydrogen-bond acceptors (Lipinski definition) is 4. The van der Waals surface area contributed by atoms with Crippen LogP contribution in [0.4, 0.5) is 13.2 Å². The summed E-state index contributed by atoms with van der Waals surface area (Å²) in [5.41, 5.74) is 0.893. The number of nitrogens with one attached hydrogen (secondary N) is 1. The molecule has 1 amide bonds. The molecule has 6 nitrogen and oxygen atoms in total. The first-order valence-corrected chi connectivity index (χ1v) is 10.3. The summed E-state index contributed by atoms with van der Waals surface area (Å²) in [5.74, 6) is -1.23. The van der Waals surface area contributed by atoms with Crippen molar-refractivity contribution in [3.8, 4) is 0 Å². The normalized spacial score (nSPS) is 26.2. The summed E-state index contributed by atoms with van der Waals surface area (Å²) >= 11 is 0. The fraction of sp³-hybridized carbons (Fsp3) is 0.619. The van der Waals surface area contributed by atoms with Gasteiger partial charge in [-0.1, -0.05) is 19.1 Å². The zero-order valence-electron chi connectivity index (χ0n) is 17.2. The summed E-state index contributed by atoms with van der Waals surface area (Å²) in [7, 11) is 0. The maximum absolute atomic E-state index is 13.0. The molecule has 0 spiro atoms. The number of hydrogen-bond donors (Lipinski definition) is 2. The van der Waals surface area contributed by atoms with E-state index >= 15 is 0 Å². The Morgan fingerprint density at radius 1 is 1.37 bits per heavy atom. The lowest BCUT2D eigenvalue weighted by atomic mass is 9.88. The summed E-state index contributed by atoms with van der Waals surface area (Å²) in [6.07, 6.45) is -1.29. The second-order valence-corrected chi connectivity index (χ2v) is 7.92. The van der Waals surface area contributed by atoms with Crippen LogP contribution < -0.4 is 10.9 Å². The monoisotopic (exact) mass is 427 g/mol. The predicted octanol–water partition coefficient (Wildman–Crippen LogP) is 2.32. The van der Waals surface area contributed by atoms with Crippen molar-refractivity contribution >= 4 is 12.0 Å². The minimum Gasteiger partial charge on any atom is -0.396 e. The lowest BCUT2D eigenvalue weighted by molar-refractivity contribution is -0.143. The Kier molecular flexibility index (Phi) is 6.71. The zero-order chi connectivity index (χ0) is 22.1. The fourth-order valence-corrected chi connectivity index (χ4v) is 4.80. The molecule has 2 aliphatic rings. The Morgan fingerprint density at radius 2 is 2.10 bits per heavy atom. The Bertz CT molecular complexity index is 865. The SMILES string of the molecule is C/C=C/c1ccc2n(c1=O)C[C@H]1[C@H](CO)[C@@H](C(=O)NCCC)N(CCC(F)(F)F)[C@@H]21. The lowest BCUT2D eigenvalue weighted by Gasteiger charge is -2.31. The quantitative estimate of drug-likeness (QED) is 0.701. The molecule has 0 aromatic carbocycles. The summed E-state index contributed by atoms with van der Waals surface area (Å²) in [6, 6.07) is 2.03. The Labute approximate surface area is 173 Å². The van der Waals surface area contributed by atoms with Gasteiger partial charge in [0.05, 0.1) is 18.5 Å². The van der Waals surface area contributed by atoms with Gasteiger partial charge < -0.3 is 15.0 Å². The van der Waals surface area contributed by atoms with Gasteiger partial charge in [0.15, 0.2) is 0 Å². The molecule has 1 fully saturated rings. The molecular weight excluding hydrogens is 399 g/mol. The van der Waals surface area contributed by atoms with Crippen molar-refractivity contribution in [2.75, 3.05) is 19.7 Å². The third kappa shape index (κ3) is 4.18. The summed E-state index contributed by atoms with van der Waals surface area (Å²) in [4.78, 5) is 27.2. The van der Waals surface area contributed by atoms with E-state index in [4.69, 9.17) is 0 Å². The highest BCUT2D eigenvalue weighted by Gasteiger charge is 2.55. The molecule has 0 radical (unpaired) electrons. The van der Waals surface area contributed by atoms with Crippen LogP contribution in [0.1, 0.15) is 44.0 Å². The number of aromatic nitrogens is 1. The molecule has 4 atom stereocenters. The molecular formula is C21H28F3N3O3. The van der Waals surface area contributed by atoms with Gasteiger partial charge in [-0.05, 0) is 25.5 Å². The number of likely N-dealkylation sites (tertiary alicyclic amines) is 1. The van der Waals surface area contributed by atoms with Gasteiger partial charge in [-0.15, -0.1) is 0 Å². The molecule has 0 bridgehead atoms. The van der Waals surface area contributed by atoms with Crippen LogP contribution >= 0.6 is 0 Å². The van der Waals surface area contributed by atoms with E-state index in [-0.39, 0.29) is 37.1 Å². The number of amides is 1. The number of carbonyl (C=O) groups excluding carboxylic acids is 1. The Balaban J connectivity index is 2.02. The first-order chi connectivity index (χ1) is 14.2. The molecule has 166 valence electrons. The average molecular weight is 427 g/mol. The molecule has 0 saturated carbocycles. The highest BCUT2D eigenvalue weighted by Crippen LogP contribution is 2.49. The third-order valence-corrected chi connectivity index (χ3v) is 6.04. The van der Waals surface area contributed by atoms with Crippen LogP contribution in [0.15, 0.2) is 23.0 Å². The number of allylic oxidation sites excluding steroid dienone is 1. The molecule has 0 unspecified atom stereocenters. The molecule has 3 heterocycles. The van der Waals surface area contributed by atoms with Gasteiger partial charge in [0, 0.05) is 49.3 Å². The molecule has 1 aromatic heterocycles. The van der Waals surface area contributed by atoms with E-state index in [1.54, 1.807) is 35.8 Å². The predicted molar refractivity (Wildman–Crippen MR) is 107 cm³/mol. The van der Waals surface area contributed by atoms with Crippen LogP contribution in [0, 0.1) is 11.8 Å². The Hall–Kier alpha value is -2.13. The lowest BCUT2D eigenvalue weighted by Crippen LogP contribution is -2.49. The van der Waals surface area contributed by atoms with Gasteiger partial charge in [-0.2, -0.15) is 13.2 Å². The number of aliphatic hydroxyl groups excluding tert-OH is 1. The number of nitrogens with zero attached hydrogens (tertiary/aromatic N) is 2. The van der Waals surface area contributed by atoms with E-state index in [0.717, 1.165) is 0 Å². The molecule has 0 aliphatic carbocycles. The summed E-state index contributed by atoms with van der Waals surface area (Å²) in [5, 5.41) is 12.8. The van der Waals surface area contributed by atoms with Crippen LogP contribution in [0.5, 0.6) is 0 Å². The first-order valence-electron chi connectivity index (χ1n) is 10.3. The molecule has 3 rings (SSSR count). The van der Waals surface area contributed by atoms with Crippen molar-refractivity contribution in [3.63, 3.8) is 0 Å². The van der Waals surface area contributed by atoms with Crippen molar-refractivity contribution in [1.29, 1.82) is 0 Å². The smallest absolute Gasteiger partial charge is 0.390 e. The van der Waals surface area contributed by atoms with Crippen molar-refractivity contribution in [3.05, 3.63) is 39.8 Å². The van der Waals surface area contributed by atoms with Gasteiger partial charge in [0.1, 0.15) is 0 Å². The van der Waals surface area contributed by atoms with E-state index in [1.807, 2.05) is 6.92 Å². The molecule has 1 aromatic rings. The highest BCUT2D eigenvalue weighted by molar-refractivity contribution is 5.82. The number of fused-ring (bicyclic) bond motifs is 3. The zero-order valence-corrected chi connectivity index (χ0v) is 17.2. The second-order valence-electron chi connectivity index (χ2n) is 7.92. The van der Waals surface area contributed by atoms with Gasteiger partial charge in [-0.3, -0.25) is 14.5 Å². The largest absolute Gasteiger partial charge is 0.396 e. The maximum Gasteiger partial charge on any atom is 0.390 e. The molecule has 2 aliphatic heterocycles. The van der Waals surface area contributed by atoms with E-state index in [0.29, 0.717) is 24.2 Å². The third-order valence-electron chi connectivity index (χ3n) is 6.04. The number of pyridine rings is 1. The van der Waals surface area contributed by atoms with Crippen molar-refractivity contribution in [2.24, 2.45) is 11.8 Å². The second kappa shape index (κ2) is 8.93. The topological polar surface area (TPSA) is 74.6 Å². The summed E-state index contributed by atoms with van der Waals surface area (Å²) < 4.78 is 40.6. The molecule has 2 N–H and O–H groups in total. The van der Waals surface area contributed by atoms with Crippen molar-refractivity contribution in [1.82, 2.24) is 14.8 Å². The molecule has 1 saturated heterocycles. The average Bonchev–Trinajstić information content (AvgIpc) is 3.21. The van der Waals surface area contributed by atoms with Crippen LogP contribution in [0.2, 0.25) is 0 Å². The fourth-order valence-electron chi connectivity index (χ4n) is 4.80. The number of aliphatic hydroxyl groups is 1. The molecule has 9 heteroatoms. The van der Waals surface area contributed by atoms with Gasteiger partial charge in [-0.25, -0.2) is 0 Å². The maximum atomic E-state index is 13.0. The summed E-state index contributed by atoms with van der Waals surface area (Å²) in [6.45, 7) is 3.68. The molecule has 30 heavy (non-hydrogen) atoms. The number of rotatable bonds is 7. The van der Waals surface area contributed by atoms with Crippen molar-refractivity contribution < 1.29 is 23.1 Å². The number of carbonyl (C=O) groups is 1. The van der Waals surface area contributed by atoms with Gasteiger partial charge in [0.25, 0.3) is 5.56 Å². The minimum absolute atomic E-state index is 0.209. The highest BCUT2D eigenvalue weighted by atomic mass is 19.4. The van der Waals surface area contributed by atoms with Gasteiger partial charge >= 0.3 is 6.18 Å². The Morgan fingerprint density at radius 3 is 2.70 bits per heavy atom. The van der Waals surface area contributed by atoms with Crippen LogP contribution in [0.3, 0.4) is 0 Å². The van der Waals surface area contributed by atoms with E-state index in [9.17, 15) is 27.9 Å². The van der Waals surface area contributed by atoms with Gasteiger partial charge in [0.2, 0.25) is 5.91 Å². The van der Waals surface area contributed by atoms with Crippen LogP contribution in [-0.2, 0) is 11.3 Å². The van der Waals surface area contributed by atoms with Crippen molar-refractivity contribution in [2.45, 2.75) is 51.5 Å². The number of halogens is 3.